The molecule has 2 fully saturated rings. The number of amides is 1. The number of pyridine rings is 1. The van der Waals surface area contributed by atoms with E-state index in [1.165, 1.54) is 12.4 Å². The maximum absolute atomic E-state index is 13.1. The summed E-state index contributed by atoms with van der Waals surface area (Å²) in [5.74, 6) is -0.867. The maximum atomic E-state index is 13.1. The highest BCUT2D eigenvalue weighted by atomic mass is 16.5. The molecule has 8 heteroatoms. The predicted molar refractivity (Wildman–Crippen MR) is 118 cm³/mol. The SMILES string of the molecule is COc1cccc([C@H]2C(=C(O)c3ccncc3)C(=O)C(=O)N2CCCN2CCOCC2)c1. The van der Waals surface area contributed by atoms with Crippen LogP contribution in [0.25, 0.3) is 5.76 Å². The van der Waals surface area contributed by atoms with Gasteiger partial charge in [0, 0.05) is 44.1 Å². The second kappa shape index (κ2) is 9.93. The van der Waals surface area contributed by atoms with Crippen molar-refractivity contribution in [2.75, 3.05) is 46.5 Å². The van der Waals surface area contributed by atoms with Gasteiger partial charge in [-0.15, -0.1) is 0 Å². The Balaban J connectivity index is 1.67. The van der Waals surface area contributed by atoms with Gasteiger partial charge >= 0.3 is 0 Å². The molecule has 2 aliphatic heterocycles. The maximum Gasteiger partial charge on any atom is 0.295 e. The number of benzene rings is 1. The van der Waals surface area contributed by atoms with Crippen LogP contribution in [0.4, 0.5) is 0 Å². The molecule has 1 N–H and O–H groups in total. The second-order valence-corrected chi connectivity index (χ2v) is 7.81. The zero-order valence-corrected chi connectivity index (χ0v) is 18.1. The van der Waals surface area contributed by atoms with E-state index < -0.39 is 17.7 Å². The molecule has 2 aliphatic rings. The molecule has 1 atom stereocenters. The van der Waals surface area contributed by atoms with Gasteiger partial charge in [0.1, 0.15) is 11.5 Å². The van der Waals surface area contributed by atoms with E-state index in [1.807, 2.05) is 12.1 Å². The van der Waals surface area contributed by atoms with E-state index in [9.17, 15) is 14.7 Å². The molecule has 0 spiro atoms. The molecule has 4 rings (SSSR count). The van der Waals surface area contributed by atoms with Gasteiger partial charge in [0.2, 0.25) is 0 Å². The molecule has 0 radical (unpaired) electrons. The van der Waals surface area contributed by atoms with E-state index in [-0.39, 0.29) is 11.3 Å². The van der Waals surface area contributed by atoms with Gasteiger partial charge in [-0.05, 0) is 36.2 Å². The fourth-order valence-electron chi connectivity index (χ4n) is 4.22. The van der Waals surface area contributed by atoms with Crippen LogP contribution in [0.1, 0.15) is 23.6 Å². The molecule has 0 saturated carbocycles. The van der Waals surface area contributed by atoms with E-state index >= 15 is 0 Å². The molecule has 1 aromatic carbocycles. The Hall–Kier alpha value is -3.23. The van der Waals surface area contributed by atoms with Crippen LogP contribution in [0.3, 0.4) is 0 Å². The number of likely N-dealkylation sites (tertiary alicyclic amines) is 1. The van der Waals surface area contributed by atoms with Crippen molar-refractivity contribution in [3.8, 4) is 5.75 Å². The minimum absolute atomic E-state index is 0.0841. The van der Waals surface area contributed by atoms with Crippen LogP contribution in [0.15, 0.2) is 54.4 Å². The lowest BCUT2D eigenvalue weighted by molar-refractivity contribution is -0.140. The van der Waals surface area contributed by atoms with Crippen LogP contribution in [-0.2, 0) is 14.3 Å². The largest absolute Gasteiger partial charge is 0.507 e. The molecule has 0 bridgehead atoms. The van der Waals surface area contributed by atoms with Gasteiger partial charge in [0.05, 0.1) is 31.9 Å². The summed E-state index contributed by atoms with van der Waals surface area (Å²) >= 11 is 0. The van der Waals surface area contributed by atoms with Crippen LogP contribution in [0.5, 0.6) is 5.75 Å². The van der Waals surface area contributed by atoms with Crippen molar-refractivity contribution >= 4 is 17.4 Å². The smallest absolute Gasteiger partial charge is 0.295 e. The summed E-state index contributed by atoms with van der Waals surface area (Å²) < 4.78 is 10.7. The van der Waals surface area contributed by atoms with Crippen molar-refractivity contribution in [1.82, 2.24) is 14.8 Å². The number of nitrogens with zero attached hydrogens (tertiary/aromatic N) is 3. The lowest BCUT2D eigenvalue weighted by Crippen LogP contribution is -2.38. The molecule has 2 aromatic rings. The first-order chi connectivity index (χ1) is 15.6. The Kier molecular flexibility index (Phi) is 6.82. The number of hydrogen-bond acceptors (Lipinski definition) is 7. The van der Waals surface area contributed by atoms with Gasteiger partial charge in [-0.25, -0.2) is 0 Å². The summed E-state index contributed by atoms with van der Waals surface area (Å²) in [6.07, 6.45) is 3.78. The van der Waals surface area contributed by atoms with Crippen molar-refractivity contribution in [3.05, 3.63) is 65.5 Å². The summed E-state index contributed by atoms with van der Waals surface area (Å²) in [5.41, 5.74) is 1.24. The second-order valence-electron chi connectivity index (χ2n) is 7.81. The number of rotatable bonds is 7. The molecule has 0 unspecified atom stereocenters. The quantitative estimate of drug-likeness (QED) is 0.403. The predicted octanol–water partition coefficient (Wildman–Crippen LogP) is 2.23. The zero-order valence-electron chi connectivity index (χ0n) is 18.1. The first kappa shape index (κ1) is 22.0. The molecular formula is C24H27N3O5. The third kappa shape index (κ3) is 4.51. The first-order valence-corrected chi connectivity index (χ1v) is 10.7. The number of ketones is 1. The van der Waals surface area contributed by atoms with Crippen molar-refractivity contribution in [1.29, 1.82) is 0 Å². The number of carbonyl (C=O) groups is 2. The van der Waals surface area contributed by atoms with Gasteiger partial charge in [0.15, 0.2) is 0 Å². The molecule has 1 amide bonds. The molecule has 0 aliphatic carbocycles. The third-order valence-electron chi connectivity index (χ3n) is 5.88. The van der Waals surface area contributed by atoms with Crippen molar-refractivity contribution in [3.63, 3.8) is 0 Å². The summed E-state index contributed by atoms with van der Waals surface area (Å²) in [6.45, 7) is 4.35. The number of aliphatic hydroxyl groups excluding tert-OH is 1. The van der Waals surface area contributed by atoms with Crippen molar-refractivity contribution in [2.24, 2.45) is 0 Å². The molecular weight excluding hydrogens is 410 g/mol. The van der Waals surface area contributed by atoms with Gasteiger partial charge in [0.25, 0.3) is 11.7 Å². The fourth-order valence-corrected chi connectivity index (χ4v) is 4.22. The molecule has 32 heavy (non-hydrogen) atoms. The number of methoxy groups -OCH3 is 1. The van der Waals surface area contributed by atoms with Gasteiger partial charge in [-0.1, -0.05) is 12.1 Å². The van der Waals surface area contributed by atoms with E-state index in [0.29, 0.717) is 43.1 Å². The van der Waals surface area contributed by atoms with Crippen LogP contribution < -0.4 is 4.74 Å². The fraction of sp³-hybridized carbons (Fsp3) is 0.375. The number of hydrogen-bond donors (Lipinski definition) is 1. The average Bonchev–Trinajstić information content (AvgIpc) is 3.10. The standard InChI is InChI=1S/C24H27N3O5/c1-31-19-5-2-4-18(16-19)21-20(22(28)17-6-8-25-9-7-17)23(29)24(30)27(21)11-3-10-26-12-14-32-15-13-26/h2,4-9,16,21,28H,3,10-15H2,1H3/t21-/m0/s1. The van der Waals surface area contributed by atoms with E-state index in [1.54, 1.807) is 36.3 Å². The number of aromatic nitrogens is 1. The first-order valence-electron chi connectivity index (χ1n) is 10.7. The van der Waals surface area contributed by atoms with Crippen molar-refractivity contribution < 1.29 is 24.2 Å². The summed E-state index contributed by atoms with van der Waals surface area (Å²) in [4.78, 5) is 33.9. The lowest BCUT2D eigenvalue weighted by Gasteiger charge is -2.29. The van der Waals surface area contributed by atoms with E-state index in [0.717, 1.165) is 19.6 Å². The van der Waals surface area contributed by atoms with Crippen molar-refractivity contribution in [2.45, 2.75) is 12.5 Å². The lowest BCUT2D eigenvalue weighted by atomic mass is 9.95. The molecule has 168 valence electrons. The number of ether oxygens (including phenoxy) is 2. The Bertz CT molecular complexity index is 1000. The topological polar surface area (TPSA) is 92.2 Å². The normalized spacial score (nSPS) is 21.2. The highest BCUT2D eigenvalue weighted by molar-refractivity contribution is 6.46. The Morgan fingerprint density at radius 2 is 1.91 bits per heavy atom. The molecule has 2 saturated heterocycles. The number of Topliss-reactive ketones (excluding diaryl/α,β-unsaturated/α-hetero) is 1. The number of aliphatic hydroxyl groups is 1. The van der Waals surface area contributed by atoms with Crippen LogP contribution in [0.2, 0.25) is 0 Å². The Labute approximate surface area is 187 Å². The Morgan fingerprint density at radius 3 is 2.62 bits per heavy atom. The molecule has 1 aromatic heterocycles. The van der Waals surface area contributed by atoms with Gasteiger partial charge in [-0.2, -0.15) is 0 Å². The van der Waals surface area contributed by atoms with Crippen LogP contribution in [0, 0.1) is 0 Å². The van der Waals surface area contributed by atoms with Crippen LogP contribution >= 0.6 is 0 Å². The minimum Gasteiger partial charge on any atom is -0.507 e. The average molecular weight is 437 g/mol. The zero-order chi connectivity index (χ0) is 22.5. The number of carbonyl (C=O) groups excluding carboxylic acids is 2. The minimum atomic E-state index is -0.692. The van der Waals surface area contributed by atoms with Crippen LogP contribution in [-0.4, -0.2) is 78.1 Å². The Morgan fingerprint density at radius 1 is 1.16 bits per heavy atom. The highest BCUT2D eigenvalue weighted by Gasteiger charge is 2.45. The third-order valence-corrected chi connectivity index (χ3v) is 5.88. The summed E-state index contributed by atoms with van der Waals surface area (Å²) in [6, 6.07) is 9.79. The van der Waals surface area contributed by atoms with E-state index in [2.05, 4.69) is 9.88 Å². The highest BCUT2D eigenvalue weighted by Crippen LogP contribution is 2.40. The number of morpholine rings is 1. The summed E-state index contributed by atoms with van der Waals surface area (Å²) in [7, 11) is 1.56. The van der Waals surface area contributed by atoms with Gasteiger partial charge < -0.3 is 19.5 Å². The van der Waals surface area contributed by atoms with E-state index in [4.69, 9.17) is 9.47 Å². The molecule has 8 nitrogen and oxygen atoms in total. The molecule has 3 heterocycles. The van der Waals surface area contributed by atoms with Gasteiger partial charge in [-0.3, -0.25) is 19.5 Å². The summed E-state index contributed by atoms with van der Waals surface area (Å²) in [5, 5.41) is 11.0. The monoisotopic (exact) mass is 437 g/mol.